The number of nitrogens with zero attached hydrogens (tertiary/aromatic N) is 1. The van der Waals surface area contributed by atoms with Gasteiger partial charge < -0.3 is 4.90 Å². The molecule has 2 nitrogen and oxygen atoms in total. The first-order chi connectivity index (χ1) is 9.41. The molecule has 6 heteroatoms. The Morgan fingerprint density at radius 3 is 2.80 bits per heavy atom. The summed E-state index contributed by atoms with van der Waals surface area (Å²) in [5.74, 6) is 0.0558. The van der Waals surface area contributed by atoms with Gasteiger partial charge in [0, 0.05) is 24.0 Å². The van der Waals surface area contributed by atoms with E-state index in [-0.39, 0.29) is 11.5 Å². The lowest BCUT2D eigenvalue weighted by Crippen LogP contribution is -2.40. The fourth-order valence-electron chi connectivity index (χ4n) is 2.39. The van der Waals surface area contributed by atoms with Gasteiger partial charge in [0.05, 0.1) is 5.56 Å². The average molecular weight is 350 g/mol. The van der Waals surface area contributed by atoms with E-state index in [0.717, 1.165) is 30.3 Å². The quantitative estimate of drug-likeness (QED) is 0.740. The second kappa shape index (κ2) is 6.16. The maximum absolute atomic E-state index is 12.7. The number of piperidine rings is 1. The van der Waals surface area contributed by atoms with Gasteiger partial charge in [0.2, 0.25) is 0 Å². The van der Waals surface area contributed by atoms with Crippen LogP contribution >= 0.6 is 15.9 Å². The molecule has 1 aliphatic rings. The molecule has 0 bridgehead atoms. The second-order valence-electron chi connectivity index (χ2n) is 4.99. The third kappa shape index (κ3) is 3.53. The third-order valence-electron chi connectivity index (χ3n) is 3.46. The lowest BCUT2D eigenvalue weighted by Gasteiger charge is -2.32. The van der Waals surface area contributed by atoms with E-state index in [1.54, 1.807) is 4.90 Å². The Bertz CT molecular complexity index is 490. The molecule has 1 atom stereocenters. The van der Waals surface area contributed by atoms with E-state index in [9.17, 15) is 18.0 Å². The molecule has 1 aromatic rings. The monoisotopic (exact) mass is 349 g/mol. The molecule has 0 spiro atoms. The molecule has 0 saturated carbocycles. The van der Waals surface area contributed by atoms with Gasteiger partial charge in [-0.1, -0.05) is 22.0 Å². The largest absolute Gasteiger partial charge is 0.416 e. The van der Waals surface area contributed by atoms with E-state index in [0.29, 0.717) is 19.0 Å². The van der Waals surface area contributed by atoms with Crippen LogP contribution in [0.25, 0.3) is 0 Å². The molecule has 1 fully saturated rings. The van der Waals surface area contributed by atoms with Crippen molar-refractivity contribution in [1.29, 1.82) is 0 Å². The summed E-state index contributed by atoms with van der Waals surface area (Å²) >= 11 is 3.39. The topological polar surface area (TPSA) is 20.3 Å². The number of carbonyl (C=O) groups excluding carboxylic acids is 1. The first kappa shape index (κ1) is 15.4. The zero-order valence-electron chi connectivity index (χ0n) is 10.8. The minimum atomic E-state index is -4.42. The van der Waals surface area contributed by atoms with Crippen molar-refractivity contribution in [2.45, 2.75) is 19.0 Å². The SMILES string of the molecule is O=C(c1cccc(C(F)(F)F)c1)N1CCCC(CBr)C1. The van der Waals surface area contributed by atoms with Crippen LogP contribution in [0.4, 0.5) is 13.2 Å². The molecule has 0 radical (unpaired) electrons. The van der Waals surface area contributed by atoms with Gasteiger partial charge in [-0.3, -0.25) is 4.79 Å². The smallest absolute Gasteiger partial charge is 0.338 e. The molecule has 110 valence electrons. The highest BCUT2D eigenvalue weighted by molar-refractivity contribution is 9.09. The normalized spacial score (nSPS) is 20.0. The second-order valence-corrected chi connectivity index (χ2v) is 5.64. The number of rotatable bonds is 2. The fraction of sp³-hybridized carbons (Fsp3) is 0.500. The maximum Gasteiger partial charge on any atom is 0.416 e. The number of likely N-dealkylation sites (tertiary alicyclic amines) is 1. The Labute approximate surface area is 124 Å². The van der Waals surface area contributed by atoms with E-state index < -0.39 is 11.7 Å². The fourth-order valence-corrected chi connectivity index (χ4v) is 2.92. The van der Waals surface area contributed by atoms with Gasteiger partial charge in [-0.15, -0.1) is 0 Å². The van der Waals surface area contributed by atoms with Gasteiger partial charge in [-0.2, -0.15) is 13.2 Å². The van der Waals surface area contributed by atoms with Crippen molar-refractivity contribution in [1.82, 2.24) is 4.90 Å². The molecule has 1 unspecified atom stereocenters. The van der Waals surface area contributed by atoms with Gasteiger partial charge in [-0.05, 0) is 37.0 Å². The van der Waals surface area contributed by atoms with E-state index in [1.807, 2.05) is 0 Å². The van der Waals surface area contributed by atoms with E-state index >= 15 is 0 Å². The molecule has 0 aromatic heterocycles. The number of benzene rings is 1. The summed E-state index contributed by atoms with van der Waals surface area (Å²) in [4.78, 5) is 13.9. The van der Waals surface area contributed by atoms with Gasteiger partial charge in [0.25, 0.3) is 5.91 Å². The van der Waals surface area contributed by atoms with Crippen LogP contribution in [0.3, 0.4) is 0 Å². The van der Waals surface area contributed by atoms with Crippen LogP contribution in [0.5, 0.6) is 0 Å². The minimum absolute atomic E-state index is 0.107. The number of hydrogen-bond acceptors (Lipinski definition) is 1. The van der Waals surface area contributed by atoms with E-state index in [2.05, 4.69) is 15.9 Å². The Kier molecular flexibility index (Phi) is 4.73. The predicted molar refractivity (Wildman–Crippen MR) is 73.9 cm³/mol. The summed E-state index contributed by atoms with van der Waals surface area (Å²) in [5, 5.41) is 0.805. The standard InChI is InChI=1S/C14H15BrF3NO/c15-8-10-3-2-6-19(9-10)13(20)11-4-1-5-12(7-11)14(16,17)18/h1,4-5,7,10H,2-3,6,8-9H2. The zero-order valence-corrected chi connectivity index (χ0v) is 12.4. The van der Waals surface area contributed by atoms with Crippen molar-refractivity contribution in [3.05, 3.63) is 35.4 Å². The third-order valence-corrected chi connectivity index (χ3v) is 4.38. The van der Waals surface area contributed by atoms with Gasteiger partial charge >= 0.3 is 6.18 Å². The molecule has 1 amide bonds. The number of hydrogen-bond donors (Lipinski definition) is 0. The summed E-state index contributed by atoms with van der Waals surface area (Å²) in [6, 6.07) is 4.63. The lowest BCUT2D eigenvalue weighted by molar-refractivity contribution is -0.137. The molecule has 0 aliphatic carbocycles. The van der Waals surface area contributed by atoms with Crippen molar-refractivity contribution in [3.63, 3.8) is 0 Å². The highest BCUT2D eigenvalue weighted by Crippen LogP contribution is 2.30. The van der Waals surface area contributed by atoms with Gasteiger partial charge in [0.1, 0.15) is 0 Å². The summed E-state index contributed by atoms with van der Waals surface area (Å²) in [6.07, 6.45) is -2.49. The van der Waals surface area contributed by atoms with Crippen LogP contribution < -0.4 is 0 Å². The Hall–Kier alpha value is -1.04. The first-order valence-corrected chi connectivity index (χ1v) is 7.56. The van der Waals surface area contributed by atoms with Crippen molar-refractivity contribution in [3.8, 4) is 0 Å². The Morgan fingerprint density at radius 1 is 1.40 bits per heavy atom. The molecule has 1 heterocycles. The Balaban J connectivity index is 2.17. The van der Waals surface area contributed by atoms with E-state index in [1.165, 1.54) is 12.1 Å². The molecule has 0 N–H and O–H groups in total. The number of halogens is 4. The van der Waals surface area contributed by atoms with Crippen molar-refractivity contribution in [2.24, 2.45) is 5.92 Å². The lowest BCUT2D eigenvalue weighted by atomic mass is 9.99. The van der Waals surface area contributed by atoms with Gasteiger partial charge in [0.15, 0.2) is 0 Å². The summed E-state index contributed by atoms with van der Waals surface area (Å²) in [7, 11) is 0. The number of carbonyl (C=O) groups is 1. The molecule has 1 saturated heterocycles. The molecule has 20 heavy (non-hydrogen) atoms. The average Bonchev–Trinajstić information content (AvgIpc) is 2.46. The summed E-state index contributed by atoms with van der Waals surface area (Å²) in [6.45, 7) is 1.21. The highest BCUT2D eigenvalue weighted by Gasteiger charge is 2.31. The minimum Gasteiger partial charge on any atom is -0.338 e. The van der Waals surface area contributed by atoms with Gasteiger partial charge in [-0.25, -0.2) is 0 Å². The molecular weight excluding hydrogens is 335 g/mol. The molecule has 2 rings (SSSR count). The van der Waals surface area contributed by atoms with Crippen LogP contribution in [-0.4, -0.2) is 29.2 Å². The van der Waals surface area contributed by atoms with Crippen LogP contribution in [0.1, 0.15) is 28.8 Å². The highest BCUT2D eigenvalue weighted by atomic mass is 79.9. The van der Waals surface area contributed by atoms with Crippen LogP contribution in [0.15, 0.2) is 24.3 Å². The van der Waals surface area contributed by atoms with Crippen molar-refractivity contribution >= 4 is 21.8 Å². The molecular formula is C14H15BrF3NO. The Morgan fingerprint density at radius 2 is 2.15 bits per heavy atom. The first-order valence-electron chi connectivity index (χ1n) is 6.44. The number of amides is 1. The predicted octanol–water partition coefficient (Wildman–Crippen LogP) is 3.95. The zero-order chi connectivity index (χ0) is 14.8. The molecule has 1 aromatic carbocycles. The van der Waals surface area contributed by atoms with Crippen LogP contribution in [0, 0.1) is 5.92 Å². The molecule has 1 aliphatic heterocycles. The summed E-state index contributed by atoms with van der Waals surface area (Å²) < 4.78 is 38.0. The summed E-state index contributed by atoms with van der Waals surface area (Å²) in [5.41, 5.74) is -0.674. The van der Waals surface area contributed by atoms with E-state index in [4.69, 9.17) is 0 Å². The van der Waals surface area contributed by atoms with Crippen molar-refractivity contribution < 1.29 is 18.0 Å². The van der Waals surface area contributed by atoms with Crippen LogP contribution in [-0.2, 0) is 6.18 Å². The maximum atomic E-state index is 12.7. The van der Waals surface area contributed by atoms with Crippen molar-refractivity contribution in [2.75, 3.05) is 18.4 Å². The van der Waals surface area contributed by atoms with Crippen LogP contribution in [0.2, 0.25) is 0 Å². The number of alkyl halides is 4.